The Labute approximate surface area is 112 Å². The lowest BCUT2D eigenvalue weighted by Gasteiger charge is -2.36. The van der Waals surface area contributed by atoms with Crippen LogP contribution in [0.25, 0.3) is 0 Å². The van der Waals surface area contributed by atoms with Crippen LogP contribution in [0, 0.1) is 0 Å². The quantitative estimate of drug-likeness (QED) is 0.635. The zero-order valence-electron chi connectivity index (χ0n) is 12.1. The molecule has 4 heteroatoms. The Morgan fingerprint density at radius 2 is 2.17 bits per heavy atom. The number of nitrogens with one attached hydrogen (secondary N) is 1. The van der Waals surface area contributed by atoms with Gasteiger partial charge in [0, 0.05) is 24.7 Å². The Morgan fingerprint density at radius 3 is 2.78 bits per heavy atom. The molecule has 0 radical (unpaired) electrons. The maximum atomic E-state index is 9.01. The van der Waals surface area contributed by atoms with Crippen LogP contribution < -0.4 is 11.1 Å². The smallest absolute Gasteiger partial charge is 0.0445 e. The van der Waals surface area contributed by atoms with E-state index in [4.69, 9.17) is 10.8 Å². The molecule has 0 amide bonds. The zero-order valence-corrected chi connectivity index (χ0v) is 12.1. The summed E-state index contributed by atoms with van der Waals surface area (Å²) in [5.74, 6) is 0. The number of nitrogens with zero attached hydrogens (tertiary/aromatic N) is 1. The van der Waals surface area contributed by atoms with Crippen molar-refractivity contribution in [1.29, 1.82) is 0 Å². The number of aliphatic hydroxyl groups excluding tert-OH is 1. The average Bonchev–Trinajstić information content (AvgIpc) is 2.54. The number of likely N-dealkylation sites (tertiary alicyclic amines) is 1. The summed E-state index contributed by atoms with van der Waals surface area (Å²) in [6.07, 6.45) is 5.53. The predicted molar refractivity (Wildman–Crippen MR) is 76.7 cm³/mol. The second-order valence-electron chi connectivity index (χ2n) is 5.74. The van der Waals surface area contributed by atoms with Crippen LogP contribution in [0.15, 0.2) is 0 Å². The highest BCUT2D eigenvalue weighted by molar-refractivity contribution is 4.93. The minimum atomic E-state index is 0.0804. The van der Waals surface area contributed by atoms with Crippen LogP contribution in [0.4, 0.5) is 0 Å². The number of aliphatic hydroxyl groups is 1. The topological polar surface area (TPSA) is 61.5 Å². The van der Waals surface area contributed by atoms with Crippen molar-refractivity contribution in [2.75, 3.05) is 32.8 Å². The van der Waals surface area contributed by atoms with Crippen molar-refractivity contribution < 1.29 is 5.11 Å². The Bertz CT molecular complexity index is 225. The molecule has 18 heavy (non-hydrogen) atoms. The van der Waals surface area contributed by atoms with E-state index in [1.807, 2.05) is 0 Å². The third-order valence-corrected chi connectivity index (χ3v) is 4.08. The molecule has 0 aromatic heterocycles. The molecule has 0 bridgehead atoms. The van der Waals surface area contributed by atoms with Gasteiger partial charge in [-0.05, 0) is 58.7 Å². The van der Waals surface area contributed by atoms with Crippen molar-refractivity contribution in [3.8, 4) is 0 Å². The Morgan fingerprint density at radius 1 is 1.39 bits per heavy atom. The normalized spacial score (nSPS) is 28.0. The molecule has 1 aliphatic rings. The third kappa shape index (κ3) is 4.84. The first-order valence-electron chi connectivity index (χ1n) is 7.47. The van der Waals surface area contributed by atoms with Gasteiger partial charge in [-0.25, -0.2) is 0 Å². The van der Waals surface area contributed by atoms with Crippen molar-refractivity contribution in [3.63, 3.8) is 0 Å². The monoisotopic (exact) mass is 257 g/mol. The molecule has 1 rings (SSSR count). The lowest BCUT2D eigenvalue weighted by molar-refractivity contribution is 0.217. The second kappa shape index (κ2) is 8.10. The molecule has 0 spiro atoms. The van der Waals surface area contributed by atoms with Gasteiger partial charge in [-0.2, -0.15) is 0 Å². The molecule has 0 aliphatic carbocycles. The van der Waals surface area contributed by atoms with Crippen LogP contribution in [0.2, 0.25) is 0 Å². The minimum absolute atomic E-state index is 0.0804. The average molecular weight is 257 g/mol. The largest absolute Gasteiger partial charge is 0.396 e. The summed E-state index contributed by atoms with van der Waals surface area (Å²) < 4.78 is 0. The molecule has 1 aliphatic heterocycles. The van der Waals surface area contributed by atoms with Gasteiger partial charge in [-0.3, -0.25) is 0 Å². The summed E-state index contributed by atoms with van der Waals surface area (Å²) in [5.41, 5.74) is 6.11. The van der Waals surface area contributed by atoms with E-state index in [9.17, 15) is 0 Å². The van der Waals surface area contributed by atoms with E-state index in [1.54, 1.807) is 0 Å². The molecule has 0 aromatic carbocycles. The lowest BCUT2D eigenvalue weighted by Crippen LogP contribution is -2.55. The van der Waals surface area contributed by atoms with Crippen molar-refractivity contribution in [2.45, 2.75) is 57.5 Å². The van der Waals surface area contributed by atoms with Gasteiger partial charge in [0.05, 0.1) is 0 Å². The van der Waals surface area contributed by atoms with Gasteiger partial charge >= 0.3 is 0 Å². The number of nitrogens with two attached hydrogens (primary N) is 1. The van der Waals surface area contributed by atoms with Crippen molar-refractivity contribution in [1.82, 2.24) is 10.2 Å². The van der Waals surface area contributed by atoms with Crippen molar-refractivity contribution in [3.05, 3.63) is 0 Å². The molecule has 2 unspecified atom stereocenters. The molecule has 1 fully saturated rings. The van der Waals surface area contributed by atoms with Crippen LogP contribution in [0.1, 0.15) is 46.0 Å². The summed E-state index contributed by atoms with van der Waals surface area (Å²) in [6, 6.07) is 0.344. The molecular weight excluding hydrogens is 226 g/mol. The summed E-state index contributed by atoms with van der Waals surface area (Å²) in [5, 5.41) is 12.7. The van der Waals surface area contributed by atoms with Gasteiger partial charge in [0.15, 0.2) is 0 Å². The summed E-state index contributed by atoms with van der Waals surface area (Å²) in [6.45, 7) is 8.87. The number of hydrogen-bond donors (Lipinski definition) is 3. The molecule has 0 saturated carbocycles. The summed E-state index contributed by atoms with van der Waals surface area (Å²) in [4.78, 5) is 2.55. The minimum Gasteiger partial charge on any atom is -0.396 e. The Hall–Kier alpha value is -0.160. The molecule has 4 N–H and O–H groups in total. The van der Waals surface area contributed by atoms with Gasteiger partial charge in [-0.15, -0.1) is 0 Å². The van der Waals surface area contributed by atoms with Crippen LogP contribution in [0.3, 0.4) is 0 Å². The standard InChI is InChI=1S/C14H31N3O/c1-3-8-17-9-4-6-14(12-15,7-10-17)16-13(2)5-11-18/h13,16,18H,3-12,15H2,1-2H3. The van der Waals surface area contributed by atoms with E-state index in [2.05, 4.69) is 24.1 Å². The number of rotatable bonds is 7. The fourth-order valence-electron chi connectivity index (χ4n) is 2.99. The lowest BCUT2D eigenvalue weighted by atomic mass is 9.89. The van der Waals surface area contributed by atoms with Gasteiger partial charge in [0.2, 0.25) is 0 Å². The highest BCUT2D eigenvalue weighted by Gasteiger charge is 2.31. The fourth-order valence-corrected chi connectivity index (χ4v) is 2.99. The molecule has 108 valence electrons. The highest BCUT2D eigenvalue weighted by atomic mass is 16.3. The first-order chi connectivity index (χ1) is 8.65. The fraction of sp³-hybridized carbons (Fsp3) is 1.00. The van der Waals surface area contributed by atoms with Gasteiger partial charge < -0.3 is 21.1 Å². The van der Waals surface area contributed by atoms with Crippen LogP contribution in [-0.2, 0) is 0 Å². The van der Waals surface area contributed by atoms with E-state index < -0.39 is 0 Å². The highest BCUT2D eigenvalue weighted by Crippen LogP contribution is 2.22. The van der Waals surface area contributed by atoms with Gasteiger partial charge in [0.25, 0.3) is 0 Å². The predicted octanol–water partition coefficient (Wildman–Crippen LogP) is 0.940. The molecule has 2 atom stereocenters. The van der Waals surface area contributed by atoms with E-state index in [1.165, 1.54) is 25.9 Å². The summed E-state index contributed by atoms with van der Waals surface area (Å²) >= 11 is 0. The number of hydrogen-bond acceptors (Lipinski definition) is 4. The van der Waals surface area contributed by atoms with E-state index >= 15 is 0 Å². The second-order valence-corrected chi connectivity index (χ2v) is 5.74. The maximum absolute atomic E-state index is 9.01. The van der Waals surface area contributed by atoms with E-state index in [0.717, 1.165) is 25.8 Å². The SMILES string of the molecule is CCCN1CCCC(CN)(NC(C)CCO)CC1. The first kappa shape index (κ1) is 15.9. The van der Waals surface area contributed by atoms with E-state index in [-0.39, 0.29) is 12.1 Å². The zero-order chi connectivity index (χ0) is 13.4. The Balaban J connectivity index is 2.53. The Kier molecular flexibility index (Phi) is 7.15. The van der Waals surface area contributed by atoms with Crippen LogP contribution in [-0.4, -0.2) is 54.4 Å². The third-order valence-electron chi connectivity index (χ3n) is 4.08. The first-order valence-corrected chi connectivity index (χ1v) is 7.47. The van der Waals surface area contributed by atoms with Gasteiger partial charge in [-0.1, -0.05) is 6.92 Å². The van der Waals surface area contributed by atoms with E-state index in [0.29, 0.717) is 12.6 Å². The molecule has 1 heterocycles. The molecule has 1 saturated heterocycles. The van der Waals surface area contributed by atoms with Crippen LogP contribution >= 0.6 is 0 Å². The van der Waals surface area contributed by atoms with Gasteiger partial charge in [0.1, 0.15) is 0 Å². The molecule has 4 nitrogen and oxygen atoms in total. The molecular formula is C14H31N3O. The summed E-state index contributed by atoms with van der Waals surface area (Å²) in [7, 11) is 0. The molecule has 0 aromatic rings. The van der Waals surface area contributed by atoms with Crippen molar-refractivity contribution >= 4 is 0 Å². The maximum Gasteiger partial charge on any atom is 0.0445 e. The van der Waals surface area contributed by atoms with Crippen LogP contribution in [0.5, 0.6) is 0 Å². The van der Waals surface area contributed by atoms with Crippen molar-refractivity contribution in [2.24, 2.45) is 5.73 Å².